The van der Waals surface area contributed by atoms with Crippen LogP contribution in [0.5, 0.6) is 0 Å². The van der Waals surface area contributed by atoms with Crippen LogP contribution in [0, 0.1) is 0 Å². The average molecular weight is 360 g/mol. The molecule has 0 aliphatic carbocycles. The Balaban J connectivity index is 0.000000209. The maximum absolute atomic E-state index is 11.2. The molecule has 2 bridgehead atoms. The third-order valence-corrected chi connectivity index (χ3v) is 3.39. The molecule has 4 aliphatic rings. The van der Waals surface area contributed by atoms with Gasteiger partial charge in [0.25, 0.3) is 23.6 Å². The molecule has 0 fully saturated rings. The highest BCUT2D eigenvalue weighted by Gasteiger charge is 2.47. The summed E-state index contributed by atoms with van der Waals surface area (Å²) in [4.78, 5) is 42.4. The molecule has 0 radical (unpaired) electrons. The smallest absolute Gasteiger partial charge is 0.257 e. The molecular weight excluding hydrogens is 340 g/mol. The van der Waals surface area contributed by atoms with Gasteiger partial charge in [-0.15, -0.1) is 0 Å². The Morgan fingerprint density at radius 1 is 0.731 bits per heavy atom. The van der Waals surface area contributed by atoms with Gasteiger partial charge in [-0.3, -0.25) is 29.8 Å². The van der Waals surface area contributed by atoms with Crippen LogP contribution in [-0.2, 0) is 23.9 Å². The summed E-state index contributed by atoms with van der Waals surface area (Å²) in [7, 11) is 0. The summed E-state index contributed by atoms with van der Waals surface area (Å²) in [5.74, 6) is -1.26. The van der Waals surface area contributed by atoms with Crippen LogP contribution in [0.1, 0.15) is 14.9 Å². The van der Waals surface area contributed by atoms with Gasteiger partial charge in [0.2, 0.25) is 0 Å². The van der Waals surface area contributed by atoms with Crippen LogP contribution < -0.4 is 10.6 Å². The number of carbonyl (C=O) groups excluding carboxylic acids is 4. The average Bonchev–Trinajstić information content (AvgIpc) is 3.33. The Bertz CT molecular complexity index is 723. The molecule has 1 aromatic heterocycles. The van der Waals surface area contributed by atoms with Gasteiger partial charge >= 0.3 is 0 Å². The van der Waals surface area contributed by atoms with E-state index in [-0.39, 0.29) is 50.7 Å². The monoisotopic (exact) mass is 360 g/mol. The lowest BCUT2D eigenvalue weighted by Crippen LogP contribution is -2.28. The largest absolute Gasteiger partial charge is 0.473 e. The van der Waals surface area contributed by atoms with Crippen LogP contribution in [0.4, 0.5) is 0 Å². The summed E-state index contributed by atoms with van der Waals surface area (Å²) in [5, 5.41) is 4.28. The van der Waals surface area contributed by atoms with E-state index in [2.05, 4.69) is 9.73 Å². The van der Waals surface area contributed by atoms with E-state index in [0.717, 1.165) is 0 Å². The van der Waals surface area contributed by atoms with Crippen molar-refractivity contribution >= 4 is 23.6 Å². The molecule has 26 heavy (non-hydrogen) atoms. The quantitative estimate of drug-likeness (QED) is 0.527. The molecule has 4 aliphatic heterocycles. The minimum absolute atomic E-state index is 0. The van der Waals surface area contributed by atoms with Gasteiger partial charge in [-0.25, -0.2) is 0 Å². The molecule has 4 amide bonds. The Morgan fingerprint density at radius 3 is 1.50 bits per heavy atom. The fourth-order valence-corrected chi connectivity index (χ4v) is 2.41. The van der Waals surface area contributed by atoms with Crippen LogP contribution >= 0.6 is 0 Å². The molecule has 2 N–H and O–H groups in total. The number of amides is 4. The van der Waals surface area contributed by atoms with E-state index in [4.69, 9.17) is 4.74 Å². The molecule has 138 valence electrons. The highest BCUT2D eigenvalue weighted by atomic mass is 16.5. The van der Waals surface area contributed by atoms with Crippen LogP contribution in [0.25, 0.3) is 0 Å². The van der Waals surface area contributed by atoms with Crippen molar-refractivity contribution in [2.24, 2.45) is 0 Å². The zero-order valence-electron chi connectivity index (χ0n) is 12.2. The van der Waals surface area contributed by atoms with Crippen LogP contribution in [0.3, 0.4) is 0 Å². The first-order chi connectivity index (χ1) is 11.6. The lowest BCUT2D eigenvalue weighted by molar-refractivity contribution is -0.126. The molecule has 2 unspecified atom stereocenters. The molecule has 8 heteroatoms. The van der Waals surface area contributed by atoms with E-state index in [1.807, 2.05) is 29.6 Å². The molecule has 0 spiro atoms. The zero-order valence-corrected chi connectivity index (χ0v) is 12.2. The predicted octanol–water partition coefficient (Wildman–Crippen LogP) is 1.03. The molecular formula is C18H20N2O6. The molecule has 5 rings (SSSR count). The Hall–Kier alpha value is -3.26. The van der Waals surface area contributed by atoms with Crippen molar-refractivity contribution in [2.45, 2.75) is 27.1 Å². The number of hydrogen-bond acceptors (Lipinski definition) is 6. The van der Waals surface area contributed by atoms with E-state index in [1.165, 1.54) is 12.2 Å². The van der Waals surface area contributed by atoms with E-state index < -0.39 is 0 Å². The summed E-state index contributed by atoms with van der Waals surface area (Å²) in [6.45, 7) is 0. The van der Waals surface area contributed by atoms with Gasteiger partial charge in [-0.1, -0.05) is 27.0 Å². The SMILES string of the molecule is C.C.O=C1C=CC(=O)N1.O=C1NC(=O)C2=C1C1C=CC2O1.c1ccoc1. The first-order valence-electron chi connectivity index (χ1n) is 7.00. The van der Waals surface area contributed by atoms with Crippen molar-refractivity contribution in [3.8, 4) is 0 Å². The number of imide groups is 2. The van der Waals surface area contributed by atoms with Crippen LogP contribution in [-0.4, -0.2) is 35.8 Å². The van der Waals surface area contributed by atoms with Gasteiger partial charge in [0.15, 0.2) is 0 Å². The summed E-state index contributed by atoms with van der Waals surface area (Å²) < 4.78 is 9.90. The van der Waals surface area contributed by atoms with Gasteiger partial charge in [-0.2, -0.15) is 0 Å². The maximum atomic E-state index is 11.2. The number of fused-ring (bicyclic) bond motifs is 4. The zero-order chi connectivity index (χ0) is 17.1. The van der Waals surface area contributed by atoms with Crippen molar-refractivity contribution in [1.82, 2.24) is 10.6 Å². The fraction of sp³-hybridized carbons (Fsp3) is 0.222. The molecule has 0 saturated heterocycles. The lowest BCUT2D eigenvalue weighted by Gasteiger charge is -2.04. The van der Waals surface area contributed by atoms with E-state index in [9.17, 15) is 19.2 Å². The van der Waals surface area contributed by atoms with Gasteiger partial charge in [0, 0.05) is 12.2 Å². The molecule has 0 saturated carbocycles. The summed E-state index contributed by atoms with van der Waals surface area (Å²) in [5.41, 5.74) is 1.01. The highest BCUT2D eigenvalue weighted by Crippen LogP contribution is 2.36. The molecule has 1 aromatic rings. The van der Waals surface area contributed by atoms with E-state index in [0.29, 0.717) is 11.1 Å². The Labute approximate surface area is 150 Å². The first kappa shape index (κ1) is 20.8. The number of ether oxygens (including phenoxy) is 1. The second kappa shape index (κ2) is 8.72. The molecule has 5 heterocycles. The third-order valence-electron chi connectivity index (χ3n) is 3.39. The minimum atomic E-state index is -0.329. The molecule has 2 atom stereocenters. The fourth-order valence-electron chi connectivity index (χ4n) is 2.41. The highest BCUT2D eigenvalue weighted by molar-refractivity contribution is 6.21. The van der Waals surface area contributed by atoms with E-state index >= 15 is 0 Å². The second-order valence-corrected chi connectivity index (χ2v) is 4.95. The minimum Gasteiger partial charge on any atom is -0.473 e. The standard InChI is InChI=1S/C8H5NO3.C4H3NO2.C4H4O.2CH4/c10-7-5-3-1-2-4(12-3)6(5)8(11)9-7;6-3-1-2-4(7)5-3;1-2-4-5-3-1;;/h1-4H,(H,9,10,11);1-2H,(H,5,6,7);1-4H;2*1H4. The normalized spacial score (nSPS) is 23.1. The van der Waals surface area contributed by atoms with Gasteiger partial charge < -0.3 is 9.15 Å². The maximum Gasteiger partial charge on any atom is 0.257 e. The predicted molar refractivity (Wildman–Crippen MR) is 92.4 cm³/mol. The van der Waals surface area contributed by atoms with Gasteiger partial charge in [-0.05, 0) is 12.1 Å². The van der Waals surface area contributed by atoms with Crippen LogP contribution in [0.2, 0.25) is 0 Å². The number of carbonyl (C=O) groups is 4. The van der Waals surface area contributed by atoms with Crippen molar-refractivity contribution < 1.29 is 28.3 Å². The number of hydrogen-bond donors (Lipinski definition) is 2. The molecule has 8 nitrogen and oxygen atoms in total. The lowest BCUT2D eigenvalue weighted by atomic mass is 9.99. The first-order valence-corrected chi connectivity index (χ1v) is 7.00. The summed E-state index contributed by atoms with van der Waals surface area (Å²) in [6, 6.07) is 3.67. The number of rotatable bonds is 0. The Kier molecular flexibility index (Phi) is 6.97. The number of nitrogens with one attached hydrogen (secondary N) is 2. The van der Waals surface area contributed by atoms with Crippen molar-refractivity contribution in [2.75, 3.05) is 0 Å². The topological polar surface area (TPSA) is 115 Å². The van der Waals surface area contributed by atoms with Crippen molar-refractivity contribution in [3.63, 3.8) is 0 Å². The van der Waals surface area contributed by atoms with E-state index in [1.54, 1.807) is 12.5 Å². The third kappa shape index (κ3) is 4.22. The summed E-state index contributed by atoms with van der Waals surface area (Å²) in [6.07, 6.45) is 8.70. The van der Waals surface area contributed by atoms with Gasteiger partial charge in [0.1, 0.15) is 12.2 Å². The Morgan fingerprint density at radius 2 is 1.19 bits per heavy atom. The van der Waals surface area contributed by atoms with Gasteiger partial charge in [0.05, 0.1) is 23.7 Å². The molecule has 0 aromatic carbocycles. The van der Waals surface area contributed by atoms with Crippen LogP contribution in [0.15, 0.2) is 64.5 Å². The van der Waals surface area contributed by atoms with Crippen molar-refractivity contribution in [3.05, 3.63) is 60.1 Å². The number of furan rings is 1. The summed E-state index contributed by atoms with van der Waals surface area (Å²) >= 11 is 0. The van der Waals surface area contributed by atoms with Crippen molar-refractivity contribution in [1.29, 1.82) is 0 Å². The second-order valence-electron chi connectivity index (χ2n) is 4.95.